The molecular weight excluding hydrogens is 383 g/mol. The van der Waals surface area contributed by atoms with Gasteiger partial charge in [0.05, 0.1) is 13.0 Å². The Bertz CT molecular complexity index is 1010. The second kappa shape index (κ2) is 9.98. The number of hydrogen-bond donors (Lipinski definition) is 2. The van der Waals surface area contributed by atoms with E-state index in [1.807, 2.05) is 30.3 Å². The van der Waals surface area contributed by atoms with Crippen LogP contribution in [0.3, 0.4) is 0 Å². The molecule has 1 aromatic heterocycles. The third-order valence-electron chi connectivity index (χ3n) is 5.12. The van der Waals surface area contributed by atoms with Crippen molar-refractivity contribution >= 4 is 5.97 Å². The number of aliphatic carboxylic acids is 1. The number of rotatable bonds is 9. The molecule has 0 saturated heterocycles. The number of methoxy groups -OCH3 is 1. The minimum Gasteiger partial charge on any atom is -0.496 e. The molecule has 3 rings (SSSR count). The standard InChI is InChI=1S/C24H25FN2O3/c1-16-11-22(25)5-3-18(16)12-21(24(28)29)15-27-14-20-13-19(4-6-23(20)30-2)17-7-9-26-10-8-17/h3-11,13,21,27H,12,14-15H2,1-2H3,(H,28,29). The van der Waals surface area contributed by atoms with Crippen LogP contribution in [-0.4, -0.2) is 29.7 Å². The summed E-state index contributed by atoms with van der Waals surface area (Å²) < 4.78 is 18.8. The monoisotopic (exact) mass is 408 g/mol. The van der Waals surface area contributed by atoms with Gasteiger partial charge in [-0.25, -0.2) is 4.39 Å². The second-order valence-corrected chi connectivity index (χ2v) is 7.20. The van der Waals surface area contributed by atoms with Crippen molar-refractivity contribution in [3.8, 4) is 16.9 Å². The number of aryl methyl sites for hydroxylation is 1. The molecular formula is C24H25FN2O3. The highest BCUT2D eigenvalue weighted by atomic mass is 19.1. The number of nitrogens with one attached hydrogen (secondary N) is 1. The van der Waals surface area contributed by atoms with Gasteiger partial charge in [0.25, 0.3) is 0 Å². The van der Waals surface area contributed by atoms with E-state index in [1.54, 1.807) is 32.5 Å². The van der Waals surface area contributed by atoms with Crippen LogP contribution in [0.4, 0.5) is 4.39 Å². The van der Waals surface area contributed by atoms with Gasteiger partial charge in [0.15, 0.2) is 0 Å². The Kier molecular flexibility index (Phi) is 7.14. The van der Waals surface area contributed by atoms with Gasteiger partial charge < -0.3 is 15.2 Å². The molecule has 0 amide bonds. The summed E-state index contributed by atoms with van der Waals surface area (Å²) in [6.07, 6.45) is 3.82. The third kappa shape index (κ3) is 5.42. The lowest BCUT2D eigenvalue weighted by atomic mass is 9.96. The lowest BCUT2D eigenvalue weighted by molar-refractivity contribution is -0.141. The molecule has 0 aliphatic rings. The molecule has 30 heavy (non-hydrogen) atoms. The zero-order chi connectivity index (χ0) is 21.5. The van der Waals surface area contributed by atoms with Crippen LogP contribution in [0, 0.1) is 18.7 Å². The first-order valence-electron chi connectivity index (χ1n) is 9.73. The van der Waals surface area contributed by atoms with Gasteiger partial charge in [-0.2, -0.15) is 0 Å². The van der Waals surface area contributed by atoms with E-state index in [-0.39, 0.29) is 12.4 Å². The number of pyridine rings is 1. The fourth-order valence-corrected chi connectivity index (χ4v) is 3.42. The summed E-state index contributed by atoms with van der Waals surface area (Å²) in [7, 11) is 1.61. The molecule has 2 N–H and O–H groups in total. The van der Waals surface area contributed by atoms with Crippen LogP contribution < -0.4 is 10.1 Å². The Morgan fingerprint density at radius 1 is 1.10 bits per heavy atom. The molecule has 5 nitrogen and oxygen atoms in total. The number of aromatic nitrogens is 1. The molecule has 2 aromatic carbocycles. The summed E-state index contributed by atoms with van der Waals surface area (Å²) in [6.45, 7) is 2.54. The Hall–Kier alpha value is -3.25. The van der Waals surface area contributed by atoms with E-state index in [1.165, 1.54) is 12.1 Å². The van der Waals surface area contributed by atoms with Crippen molar-refractivity contribution in [1.82, 2.24) is 10.3 Å². The zero-order valence-electron chi connectivity index (χ0n) is 17.1. The summed E-state index contributed by atoms with van der Waals surface area (Å²) in [4.78, 5) is 15.8. The number of nitrogens with zero attached hydrogens (tertiary/aromatic N) is 1. The maximum Gasteiger partial charge on any atom is 0.308 e. The van der Waals surface area contributed by atoms with Crippen LogP contribution in [0.25, 0.3) is 11.1 Å². The smallest absolute Gasteiger partial charge is 0.308 e. The number of hydrogen-bond acceptors (Lipinski definition) is 4. The van der Waals surface area contributed by atoms with Crippen molar-refractivity contribution < 1.29 is 19.0 Å². The molecule has 6 heteroatoms. The fourth-order valence-electron chi connectivity index (χ4n) is 3.42. The van der Waals surface area contributed by atoms with E-state index in [0.29, 0.717) is 13.0 Å². The predicted molar refractivity (Wildman–Crippen MR) is 114 cm³/mol. The summed E-state index contributed by atoms with van der Waals surface area (Å²) >= 11 is 0. The minimum absolute atomic E-state index is 0.286. The minimum atomic E-state index is -0.885. The molecule has 156 valence electrons. The van der Waals surface area contributed by atoms with Gasteiger partial charge in [-0.3, -0.25) is 9.78 Å². The Morgan fingerprint density at radius 3 is 2.53 bits per heavy atom. The SMILES string of the molecule is COc1ccc(-c2ccncc2)cc1CNCC(Cc1ccc(F)cc1C)C(=O)O. The molecule has 1 unspecified atom stereocenters. The van der Waals surface area contributed by atoms with E-state index in [0.717, 1.165) is 33.6 Å². The Labute approximate surface area is 175 Å². The second-order valence-electron chi connectivity index (χ2n) is 7.20. The average molecular weight is 408 g/mol. The van der Waals surface area contributed by atoms with Gasteiger partial charge in [0.1, 0.15) is 11.6 Å². The van der Waals surface area contributed by atoms with Crippen LogP contribution in [0.1, 0.15) is 16.7 Å². The summed E-state index contributed by atoms with van der Waals surface area (Å²) in [5.74, 6) is -1.09. The molecule has 0 saturated carbocycles. The maximum atomic E-state index is 13.3. The number of benzene rings is 2. The number of carboxylic acids is 1. The van der Waals surface area contributed by atoms with Crippen LogP contribution in [-0.2, 0) is 17.8 Å². The van der Waals surface area contributed by atoms with Crippen molar-refractivity contribution in [2.45, 2.75) is 19.9 Å². The van der Waals surface area contributed by atoms with E-state index in [4.69, 9.17) is 4.74 Å². The molecule has 0 aliphatic carbocycles. The normalized spacial score (nSPS) is 11.8. The molecule has 0 fully saturated rings. The predicted octanol–water partition coefficient (Wildman–Crippen LogP) is 4.24. The number of carbonyl (C=O) groups is 1. The average Bonchev–Trinajstić information content (AvgIpc) is 2.75. The maximum absolute atomic E-state index is 13.3. The van der Waals surface area contributed by atoms with E-state index in [9.17, 15) is 14.3 Å². The Morgan fingerprint density at radius 2 is 1.87 bits per heavy atom. The van der Waals surface area contributed by atoms with Crippen LogP contribution in [0.15, 0.2) is 60.9 Å². The van der Waals surface area contributed by atoms with Crippen molar-refractivity contribution in [2.75, 3.05) is 13.7 Å². The molecule has 0 spiro atoms. The molecule has 3 aromatic rings. The van der Waals surface area contributed by atoms with Crippen LogP contribution >= 0.6 is 0 Å². The fraction of sp³-hybridized carbons (Fsp3) is 0.250. The summed E-state index contributed by atoms with van der Waals surface area (Å²) in [6, 6.07) is 14.2. The van der Waals surface area contributed by atoms with Gasteiger partial charge in [-0.1, -0.05) is 12.1 Å². The van der Waals surface area contributed by atoms with Crippen LogP contribution in [0.2, 0.25) is 0 Å². The van der Waals surface area contributed by atoms with Gasteiger partial charge in [-0.05, 0) is 72.0 Å². The van der Waals surface area contributed by atoms with Crippen molar-refractivity contribution in [2.24, 2.45) is 5.92 Å². The molecule has 1 heterocycles. The van der Waals surface area contributed by atoms with E-state index < -0.39 is 11.9 Å². The quantitative estimate of drug-likeness (QED) is 0.554. The first-order valence-corrected chi connectivity index (χ1v) is 9.73. The Balaban J connectivity index is 1.69. The van der Waals surface area contributed by atoms with Crippen molar-refractivity contribution in [3.05, 3.63) is 83.4 Å². The molecule has 1 atom stereocenters. The molecule has 0 bridgehead atoms. The van der Waals surface area contributed by atoms with E-state index in [2.05, 4.69) is 10.3 Å². The van der Waals surface area contributed by atoms with Crippen LogP contribution in [0.5, 0.6) is 5.75 Å². The van der Waals surface area contributed by atoms with Gasteiger partial charge >= 0.3 is 5.97 Å². The highest BCUT2D eigenvalue weighted by Gasteiger charge is 2.19. The van der Waals surface area contributed by atoms with Gasteiger partial charge in [-0.15, -0.1) is 0 Å². The zero-order valence-corrected chi connectivity index (χ0v) is 17.1. The van der Waals surface area contributed by atoms with Crippen molar-refractivity contribution in [3.63, 3.8) is 0 Å². The van der Waals surface area contributed by atoms with E-state index >= 15 is 0 Å². The summed E-state index contributed by atoms with van der Waals surface area (Å²) in [5, 5.41) is 12.9. The van der Waals surface area contributed by atoms with Crippen molar-refractivity contribution in [1.29, 1.82) is 0 Å². The van der Waals surface area contributed by atoms with Gasteiger partial charge in [0, 0.05) is 31.0 Å². The largest absolute Gasteiger partial charge is 0.496 e. The van der Waals surface area contributed by atoms with Gasteiger partial charge in [0.2, 0.25) is 0 Å². The highest BCUT2D eigenvalue weighted by Crippen LogP contribution is 2.26. The molecule has 0 aliphatic heterocycles. The number of carboxylic acid groups (broad SMARTS) is 1. The first kappa shape index (κ1) is 21.5. The number of ether oxygens (including phenoxy) is 1. The third-order valence-corrected chi connectivity index (χ3v) is 5.12. The lowest BCUT2D eigenvalue weighted by Crippen LogP contribution is -2.30. The lowest BCUT2D eigenvalue weighted by Gasteiger charge is -2.16. The molecule has 0 radical (unpaired) electrons. The topological polar surface area (TPSA) is 71.5 Å². The highest BCUT2D eigenvalue weighted by molar-refractivity contribution is 5.71. The first-order chi connectivity index (χ1) is 14.5. The number of halogens is 1. The summed E-state index contributed by atoms with van der Waals surface area (Å²) in [5.41, 5.74) is 4.61.